The van der Waals surface area contributed by atoms with Crippen LogP contribution < -0.4 is 16.2 Å². The second-order valence-electron chi connectivity index (χ2n) is 3.69. The summed E-state index contributed by atoms with van der Waals surface area (Å²) in [6, 6.07) is 0.278. The van der Waals surface area contributed by atoms with Crippen molar-refractivity contribution in [2.75, 3.05) is 18.5 Å². The summed E-state index contributed by atoms with van der Waals surface area (Å²) in [5.41, 5.74) is 5.66. The Morgan fingerprint density at radius 2 is 2.35 bits per heavy atom. The lowest BCUT2D eigenvalue weighted by atomic mass is 10.3. The fourth-order valence-corrected chi connectivity index (χ4v) is 1.22. The Morgan fingerprint density at radius 3 is 2.82 bits per heavy atom. The summed E-state index contributed by atoms with van der Waals surface area (Å²) >= 11 is 0. The Bertz CT molecular complexity index is 457. The molecule has 0 fully saturated rings. The number of carboxylic acid groups (broad SMARTS) is 1. The van der Waals surface area contributed by atoms with E-state index in [9.17, 15) is 9.59 Å². The first-order chi connectivity index (χ1) is 7.95. The normalized spacial score (nSPS) is 12.2. The van der Waals surface area contributed by atoms with Crippen LogP contribution in [0.4, 0.5) is 5.69 Å². The van der Waals surface area contributed by atoms with Crippen molar-refractivity contribution in [3.8, 4) is 0 Å². The molecule has 1 atom stereocenters. The van der Waals surface area contributed by atoms with E-state index in [1.807, 2.05) is 18.9 Å². The third kappa shape index (κ3) is 3.28. The van der Waals surface area contributed by atoms with Crippen LogP contribution in [0.15, 0.2) is 17.1 Å². The van der Waals surface area contributed by atoms with Crippen LogP contribution in [0, 0.1) is 0 Å². The van der Waals surface area contributed by atoms with Crippen molar-refractivity contribution in [2.45, 2.75) is 19.5 Å². The smallest absolute Gasteiger partial charge is 0.322 e. The van der Waals surface area contributed by atoms with Gasteiger partial charge in [0, 0.05) is 19.7 Å². The highest BCUT2D eigenvalue weighted by molar-refractivity contribution is 5.72. The minimum Gasteiger partial charge on any atom is -0.480 e. The molecule has 0 radical (unpaired) electrons. The Morgan fingerprint density at radius 1 is 1.71 bits per heavy atom. The predicted octanol–water partition coefficient (Wildman–Crippen LogP) is -0.889. The first-order valence-electron chi connectivity index (χ1n) is 5.22. The minimum atomic E-state index is -1.16. The third-order valence-corrected chi connectivity index (χ3v) is 2.46. The molecule has 1 rings (SSSR count). The van der Waals surface area contributed by atoms with E-state index in [-0.39, 0.29) is 12.1 Å². The molecule has 1 unspecified atom stereocenters. The molecule has 94 valence electrons. The monoisotopic (exact) mass is 240 g/mol. The van der Waals surface area contributed by atoms with Crippen LogP contribution in [-0.2, 0) is 11.3 Å². The lowest BCUT2D eigenvalue weighted by Gasteiger charge is -2.16. The molecule has 0 spiro atoms. The average molecular weight is 240 g/mol. The summed E-state index contributed by atoms with van der Waals surface area (Å²) < 4.78 is 1.05. The first-order valence-corrected chi connectivity index (χ1v) is 5.22. The Balaban J connectivity index is 2.91. The topological polar surface area (TPSA) is 101 Å². The minimum absolute atomic E-state index is 0.135. The average Bonchev–Trinajstić information content (AvgIpc) is 2.30. The maximum Gasteiger partial charge on any atom is 0.322 e. The van der Waals surface area contributed by atoms with Gasteiger partial charge < -0.3 is 15.7 Å². The zero-order valence-electron chi connectivity index (χ0n) is 9.83. The quantitative estimate of drug-likeness (QED) is 0.692. The lowest BCUT2D eigenvalue weighted by molar-refractivity contribution is -0.138. The van der Waals surface area contributed by atoms with E-state index in [1.165, 1.54) is 12.3 Å². The highest BCUT2D eigenvalue weighted by atomic mass is 16.4. The van der Waals surface area contributed by atoms with Gasteiger partial charge in [0.05, 0.1) is 18.4 Å². The summed E-state index contributed by atoms with van der Waals surface area (Å²) in [7, 11) is 1.84. The predicted molar refractivity (Wildman–Crippen MR) is 63.1 cm³/mol. The number of carbonyl (C=O) groups is 1. The summed E-state index contributed by atoms with van der Waals surface area (Å²) in [6.07, 6.45) is 1.51. The van der Waals surface area contributed by atoms with Gasteiger partial charge in [0.25, 0.3) is 5.56 Å². The molecule has 0 aliphatic rings. The van der Waals surface area contributed by atoms with E-state index >= 15 is 0 Å². The van der Waals surface area contributed by atoms with Gasteiger partial charge in [-0.1, -0.05) is 0 Å². The van der Waals surface area contributed by atoms with Gasteiger partial charge in [-0.15, -0.1) is 0 Å². The molecular weight excluding hydrogens is 224 g/mol. The molecule has 0 aliphatic heterocycles. The fraction of sp³-hybridized carbons (Fsp3) is 0.500. The van der Waals surface area contributed by atoms with Gasteiger partial charge >= 0.3 is 5.97 Å². The van der Waals surface area contributed by atoms with Crippen LogP contribution in [0.5, 0.6) is 0 Å². The highest BCUT2D eigenvalue weighted by Crippen LogP contribution is 2.05. The van der Waals surface area contributed by atoms with Crippen molar-refractivity contribution >= 4 is 11.7 Å². The molecule has 1 heterocycles. The Hall–Kier alpha value is -1.89. The summed E-state index contributed by atoms with van der Waals surface area (Å²) in [4.78, 5) is 24.1. The molecule has 17 heavy (non-hydrogen) atoms. The van der Waals surface area contributed by atoms with Gasteiger partial charge in [0.1, 0.15) is 6.04 Å². The standard InChI is InChI=1S/C10H16N4O3/c1-3-13(2)7-4-9(15)14(12-5-7)6-8(11)10(16)17/h4-5,8H,3,6,11H2,1-2H3,(H,16,17). The number of hydrogen-bond donors (Lipinski definition) is 2. The Kier molecular flexibility index (Phi) is 4.22. The first kappa shape index (κ1) is 13.2. The van der Waals surface area contributed by atoms with Crippen LogP contribution in [0.3, 0.4) is 0 Å². The van der Waals surface area contributed by atoms with Gasteiger partial charge in [-0.25, -0.2) is 4.68 Å². The van der Waals surface area contributed by atoms with Gasteiger partial charge in [-0.05, 0) is 6.92 Å². The maximum absolute atomic E-state index is 11.6. The number of hydrogen-bond acceptors (Lipinski definition) is 5. The van der Waals surface area contributed by atoms with E-state index < -0.39 is 12.0 Å². The van der Waals surface area contributed by atoms with Crippen molar-refractivity contribution in [1.82, 2.24) is 9.78 Å². The van der Waals surface area contributed by atoms with Crippen LogP contribution in [0.2, 0.25) is 0 Å². The second-order valence-corrected chi connectivity index (χ2v) is 3.69. The molecule has 7 heteroatoms. The van der Waals surface area contributed by atoms with Crippen molar-refractivity contribution in [2.24, 2.45) is 5.73 Å². The van der Waals surface area contributed by atoms with E-state index in [2.05, 4.69) is 5.10 Å². The van der Waals surface area contributed by atoms with Crippen molar-refractivity contribution < 1.29 is 9.90 Å². The molecule has 0 aliphatic carbocycles. The second kappa shape index (κ2) is 5.44. The molecule has 0 saturated heterocycles. The van der Waals surface area contributed by atoms with Crippen molar-refractivity contribution in [1.29, 1.82) is 0 Å². The summed E-state index contributed by atoms with van der Waals surface area (Å²) in [5, 5.41) is 12.5. The van der Waals surface area contributed by atoms with Gasteiger partial charge in [-0.2, -0.15) is 5.10 Å². The number of nitrogens with two attached hydrogens (primary N) is 1. The van der Waals surface area contributed by atoms with Crippen LogP contribution in [0.1, 0.15) is 6.92 Å². The molecule has 3 N–H and O–H groups in total. The fourth-order valence-electron chi connectivity index (χ4n) is 1.22. The number of rotatable bonds is 5. The molecular formula is C10H16N4O3. The molecule has 1 aromatic heterocycles. The number of nitrogens with zero attached hydrogens (tertiary/aromatic N) is 3. The van der Waals surface area contributed by atoms with Crippen molar-refractivity contribution in [3.63, 3.8) is 0 Å². The molecule has 0 saturated carbocycles. The van der Waals surface area contributed by atoms with Gasteiger partial charge in [-0.3, -0.25) is 9.59 Å². The van der Waals surface area contributed by atoms with Crippen molar-refractivity contribution in [3.05, 3.63) is 22.6 Å². The van der Waals surface area contributed by atoms with E-state index in [0.29, 0.717) is 5.69 Å². The lowest BCUT2D eigenvalue weighted by Crippen LogP contribution is -2.39. The maximum atomic E-state index is 11.6. The molecule has 7 nitrogen and oxygen atoms in total. The molecule has 0 aromatic carbocycles. The van der Waals surface area contributed by atoms with E-state index in [4.69, 9.17) is 10.8 Å². The van der Waals surface area contributed by atoms with Crippen LogP contribution >= 0.6 is 0 Å². The highest BCUT2D eigenvalue weighted by Gasteiger charge is 2.13. The number of aliphatic carboxylic acids is 1. The van der Waals surface area contributed by atoms with Crippen LogP contribution in [0.25, 0.3) is 0 Å². The molecule has 0 bridgehead atoms. The molecule has 0 amide bonds. The Labute approximate surface area is 98.5 Å². The number of carboxylic acids is 1. The number of aromatic nitrogens is 2. The zero-order valence-corrected chi connectivity index (χ0v) is 9.83. The third-order valence-electron chi connectivity index (χ3n) is 2.46. The summed E-state index contributed by atoms with van der Waals surface area (Å²) in [6.45, 7) is 2.57. The van der Waals surface area contributed by atoms with Gasteiger partial charge in [0.2, 0.25) is 0 Å². The van der Waals surface area contributed by atoms with Gasteiger partial charge in [0.15, 0.2) is 0 Å². The zero-order chi connectivity index (χ0) is 13.0. The largest absolute Gasteiger partial charge is 0.480 e. The molecule has 1 aromatic rings. The summed E-state index contributed by atoms with van der Waals surface area (Å²) in [5.74, 6) is -1.16. The SMILES string of the molecule is CCN(C)c1cnn(CC(N)C(=O)O)c(=O)c1. The number of anilines is 1. The van der Waals surface area contributed by atoms with E-state index in [0.717, 1.165) is 11.2 Å². The van der Waals surface area contributed by atoms with Crippen LogP contribution in [-0.4, -0.2) is 40.5 Å². The van der Waals surface area contributed by atoms with E-state index in [1.54, 1.807) is 0 Å².